The highest BCUT2D eigenvalue weighted by Gasteiger charge is 2.32. The maximum atomic E-state index is 5.96. The molecule has 0 aliphatic heterocycles. The Morgan fingerprint density at radius 2 is 2.10 bits per heavy atom. The monoisotopic (exact) mass is 326 g/mol. The van der Waals surface area contributed by atoms with Crippen LogP contribution in [0.1, 0.15) is 33.1 Å². The zero-order valence-electron chi connectivity index (χ0n) is 12.3. The minimum atomic E-state index is 0.285. The minimum Gasteiger partial charge on any atom is -0.479 e. The molecule has 114 valence electrons. The van der Waals surface area contributed by atoms with Crippen LogP contribution in [0.5, 0.6) is 0 Å². The van der Waals surface area contributed by atoms with Crippen molar-refractivity contribution < 1.29 is 4.74 Å². The average molecular weight is 327 g/mol. The first-order valence-electron chi connectivity index (χ1n) is 6.98. The van der Waals surface area contributed by atoms with Crippen LogP contribution in [0.3, 0.4) is 0 Å². The third-order valence-corrected chi connectivity index (χ3v) is 4.45. The molecule has 1 aliphatic rings. The molecule has 0 aromatic heterocycles. The summed E-state index contributed by atoms with van der Waals surface area (Å²) < 4.78 is 5.61. The van der Waals surface area contributed by atoms with E-state index < -0.39 is 0 Å². The van der Waals surface area contributed by atoms with Gasteiger partial charge in [-0.1, -0.05) is 36.5 Å². The predicted molar refractivity (Wildman–Crippen MR) is 89.4 cm³/mol. The molecule has 0 amide bonds. The number of nitrogens with zero attached hydrogens (tertiary/aromatic N) is 1. The van der Waals surface area contributed by atoms with Crippen LogP contribution >= 0.6 is 23.2 Å². The molecular weight excluding hydrogens is 307 g/mol. The van der Waals surface area contributed by atoms with Crippen LogP contribution in [0.15, 0.2) is 35.2 Å². The summed E-state index contributed by atoms with van der Waals surface area (Å²) >= 11 is 11.8. The molecule has 0 saturated heterocycles. The Bertz CT molecular complexity index is 578. The third-order valence-electron chi connectivity index (χ3n) is 3.71. The number of ether oxygens (including phenoxy) is 1. The van der Waals surface area contributed by atoms with Crippen LogP contribution in [-0.2, 0) is 4.74 Å². The molecular formula is C16H20Cl2N2O. The van der Waals surface area contributed by atoms with E-state index >= 15 is 0 Å². The first kappa shape index (κ1) is 16.2. The summed E-state index contributed by atoms with van der Waals surface area (Å²) in [6, 6.07) is 5.24. The van der Waals surface area contributed by atoms with Gasteiger partial charge in [0.05, 0.1) is 22.3 Å². The van der Waals surface area contributed by atoms with Gasteiger partial charge < -0.3 is 10.5 Å². The number of halogens is 2. The second-order valence-electron chi connectivity index (χ2n) is 5.85. The highest BCUT2D eigenvalue weighted by atomic mass is 35.5. The lowest BCUT2D eigenvalue weighted by Crippen LogP contribution is -2.31. The van der Waals surface area contributed by atoms with E-state index in [1.807, 2.05) is 6.92 Å². The first-order chi connectivity index (χ1) is 9.88. The Hall–Kier alpha value is -1.19. The quantitative estimate of drug-likeness (QED) is 0.604. The van der Waals surface area contributed by atoms with Gasteiger partial charge in [0.1, 0.15) is 0 Å². The van der Waals surface area contributed by atoms with Gasteiger partial charge >= 0.3 is 0 Å². The highest BCUT2D eigenvalue weighted by molar-refractivity contribution is 6.42. The fraction of sp³-hybridized carbons (Fsp3) is 0.438. The average Bonchev–Trinajstić information content (AvgIpc) is 2.38. The van der Waals surface area contributed by atoms with Gasteiger partial charge in [0.2, 0.25) is 0 Å². The molecule has 1 aromatic carbocycles. The summed E-state index contributed by atoms with van der Waals surface area (Å²) in [5.74, 6) is 0.393. The van der Waals surface area contributed by atoms with Gasteiger partial charge in [-0.3, -0.25) is 4.99 Å². The lowest BCUT2D eigenvalue weighted by Gasteiger charge is -2.37. The summed E-state index contributed by atoms with van der Waals surface area (Å²) in [4.78, 5) is 4.42. The lowest BCUT2D eigenvalue weighted by atomic mass is 9.71. The number of hydrogen-bond donors (Lipinski definition) is 1. The van der Waals surface area contributed by atoms with Gasteiger partial charge in [-0.15, -0.1) is 0 Å². The number of hydrogen-bond acceptors (Lipinski definition) is 3. The first-order valence-corrected chi connectivity index (χ1v) is 7.74. The lowest BCUT2D eigenvalue weighted by molar-refractivity contribution is 0.0393. The van der Waals surface area contributed by atoms with Gasteiger partial charge in [0, 0.05) is 17.2 Å². The van der Waals surface area contributed by atoms with Crippen molar-refractivity contribution in [1.82, 2.24) is 0 Å². The van der Waals surface area contributed by atoms with Gasteiger partial charge in [0.15, 0.2) is 5.88 Å². The number of aliphatic imine (C=N–C) groups is 1. The Balaban J connectivity index is 1.97. The van der Waals surface area contributed by atoms with E-state index in [1.54, 1.807) is 24.3 Å². The molecule has 0 atom stereocenters. The highest BCUT2D eigenvalue weighted by Crippen LogP contribution is 2.40. The summed E-state index contributed by atoms with van der Waals surface area (Å²) in [5, 5.41) is 0.997. The maximum absolute atomic E-state index is 5.96. The topological polar surface area (TPSA) is 47.6 Å². The molecule has 0 bridgehead atoms. The van der Waals surface area contributed by atoms with E-state index in [0.717, 1.165) is 11.4 Å². The third kappa shape index (κ3) is 4.65. The van der Waals surface area contributed by atoms with Crippen LogP contribution in [-0.4, -0.2) is 12.3 Å². The van der Waals surface area contributed by atoms with Crippen molar-refractivity contribution in [3.8, 4) is 0 Å². The zero-order valence-corrected chi connectivity index (χ0v) is 13.8. The molecule has 2 N–H and O–H groups in total. The largest absolute Gasteiger partial charge is 0.479 e. The normalized spacial score (nSPS) is 18.3. The van der Waals surface area contributed by atoms with Crippen LogP contribution < -0.4 is 5.73 Å². The summed E-state index contributed by atoms with van der Waals surface area (Å²) in [5.41, 5.74) is 7.65. The van der Waals surface area contributed by atoms with Crippen molar-refractivity contribution in [1.29, 1.82) is 0 Å². The predicted octanol–water partition coefficient (Wildman–Crippen LogP) is 5.09. The van der Waals surface area contributed by atoms with Gasteiger partial charge in [0.25, 0.3) is 0 Å². The van der Waals surface area contributed by atoms with Gasteiger partial charge in [-0.25, -0.2) is 0 Å². The minimum absolute atomic E-state index is 0.285. The summed E-state index contributed by atoms with van der Waals surface area (Å²) in [6.45, 7) is 4.75. The van der Waals surface area contributed by atoms with Crippen LogP contribution in [0, 0.1) is 5.41 Å². The maximum Gasteiger partial charge on any atom is 0.185 e. The molecule has 0 heterocycles. The molecule has 1 aromatic rings. The molecule has 2 rings (SSSR count). The van der Waals surface area contributed by atoms with Crippen LogP contribution in [0.4, 0.5) is 5.69 Å². The number of benzene rings is 1. The summed E-state index contributed by atoms with van der Waals surface area (Å²) in [6.07, 6.45) is 5.42. The zero-order chi connectivity index (χ0) is 15.5. The molecule has 21 heavy (non-hydrogen) atoms. The second kappa shape index (κ2) is 6.71. The Morgan fingerprint density at radius 1 is 1.38 bits per heavy atom. The molecule has 5 heteroatoms. The summed E-state index contributed by atoms with van der Waals surface area (Å²) in [7, 11) is 0. The smallest absolute Gasteiger partial charge is 0.185 e. The number of nitrogens with two attached hydrogens (primary N) is 1. The van der Waals surface area contributed by atoms with Gasteiger partial charge in [-0.05, 0) is 38.0 Å². The Labute approximate surface area is 135 Å². The molecule has 0 unspecified atom stereocenters. The van der Waals surface area contributed by atoms with E-state index in [1.165, 1.54) is 19.3 Å². The van der Waals surface area contributed by atoms with Gasteiger partial charge in [-0.2, -0.15) is 0 Å². The van der Waals surface area contributed by atoms with Crippen molar-refractivity contribution in [3.05, 3.63) is 40.2 Å². The fourth-order valence-electron chi connectivity index (χ4n) is 2.22. The van der Waals surface area contributed by atoms with E-state index in [4.69, 9.17) is 33.7 Å². The fourth-order valence-corrected chi connectivity index (χ4v) is 2.51. The van der Waals surface area contributed by atoms with E-state index in [9.17, 15) is 0 Å². The molecule has 0 spiro atoms. The van der Waals surface area contributed by atoms with E-state index in [0.29, 0.717) is 22.5 Å². The van der Waals surface area contributed by atoms with Crippen molar-refractivity contribution in [2.75, 3.05) is 6.61 Å². The second-order valence-corrected chi connectivity index (χ2v) is 6.67. The molecule has 0 radical (unpaired) electrons. The van der Waals surface area contributed by atoms with Crippen molar-refractivity contribution in [2.24, 2.45) is 16.1 Å². The number of rotatable bonds is 5. The molecule has 1 saturated carbocycles. The van der Waals surface area contributed by atoms with E-state index in [2.05, 4.69) is 11.9 Å². The van der Waals surface area contributed by atoms with Crippen molar-refractivity contribution >= 4 is 34.6 Å². The molecule has 3 nitrogen and oxygen atoms in total. The standard InChI is InChI=1S/C16H20Cl2N2O/c1-11(20-12-4-5-13(17)14(18)9-12)8-15(19)21-10-16(2)6-3-7-16/h4-5,8-9H,3,6-7,10,19H2,1-2H3. The van der Waals surface area contributed by atoms with E-state index in [-0.39, 0.29) is 5.41 Å². The van der Waals surface area contributed by atoms with Crippen molar-refractivity contribution in [2.45, 2.75) is 33.1 Å². The molecule has 1 aliphatic carbocycles. The Morgan fingerprint density at radius 3 is 2.67 bits per heavy atom. The SMILES string of the molecule is CC(C=C(N)OCC1(C)CCC1)=Nc1ccc(Cl)c(Cl)c1. The van der Waals surface area contributed by atoms with Crippen LogP contribution in [0.2, 0.25) is 10.0 Å². The number of allylic oxidation sites excluding steroid dienone is 1. The Kier molecular flexibility index (Phi) is 5.17. The molecule has 1 fully saturated rings. The van der Waals surface area contributed by atoms with Crippen LogP contribution in [0.25, 0.3) is 0 Å². The van der Waals surface area contributed by atoms with Crippen molar-refractivity contribution in [3.63, 3.8) is 0 Å².